The molecule has 0 bridgehead atoms. The Balaban J connectivity index is -0.0000000347. The number of hydrogen-bond acceptors (Lipinski definition) is 6. The summed E-state index contributed by atoms with van der Waals surface area (Å²) in [6, 6.07) is 0. The van der Waals surface area contributed by atoms with Gasteiger partial charge in [0.25, 0.3) is 0 Å². The molecule has 0 rings (SSSR count). The van der Waals surface area contributed by atoms with Gasteiger partial charge >= 0.3 is 88.7 Å². The number of Topliss-reactive ketones (excluding diaryl/α,β-unsaturated/α-hetero) is 1. The zero-order chi connectivity index (χ0) is 9.44. The Morgan fingerprint density at radius 1 is 0.929 bits per heavy atom. The van der Waals surface area contributed by atoms with Crippen molar-refractivity contribution >= 4 is 33.8 Å². The van der Waals surface area contributed by atoms with E-state index in [-0.39, 0.29) is 94.0 Å². The van der Waals surface area contributed by atoms with E-state index >= 15 is 0 Å². The standard InChI is InChI=1S/C3H3BrO3.CH2O3.3Na/c4-1-2(5)3(6)7;2-1(3)4;;;/h1H2,(H,6,7);(H2,2,3,4);;;/q;;3*+1/p-3. The van der Waals surface area contributed by atoms with Crippen molar-refractivity contribution in [1.29, 1.82) is 0 Å². The van der Waals surface area contributed by atoms with Gasteiger partial charge in [0.2, 0.25) is 0 Å². The van der Waals surface area contributed by atoms with Crippen molar-refractivity contribution in [1.82, 2.24) is 0 Å². The van der Waals surface area contributed by atoms with Crippen molar-refractivity contribution in [2.75, 3.05) is 5.33 Å². The molecule has 0 aliphatic carbocycles. The molecule has 0 fully saturated rings. The minimum absolute atomic E-state index is 0. The quantitative estimate of drug-likeness (QED) is 0.283. The van der Waals surface area contributed by atoms with Gasteiger partial charge in [-0.1, -0.05) is 15.9 Å². The topological polar surface area (TPSA) is 120 Å². The molecule has 0 saturated heterocycles. The number of carbonyl (C=O) groups excluding carboxylic acids is 3. The number of carboxylic acids is 1. The third kappa shape index (κ3) is 37.1. The number of alkyl halides is 1. The van der Waals surface area contributed by atoms with Crippen LogP contribution >= 0.6 is 15.9 Å². The molecule has 0 spiro atoms. The average Bonchev–Trinajstić information content (AvgIpc) is 1.85. The molecule has 0 aromatic heterocycles. The summed E-state index contributed by atoms with van der Waals surface area (Å²) in [4.78, 5) is 27.6. The van der Waals surface area contributed by atoms with E-state index in [0.29, 0.717) is 0 Å². The van der Waals surface area contributed by atoms with Gasteiger partial charge in [0.1, 0.15) is 5.97 Å². The van der Waals surface area contributed by atoms with Crippen molar-refractivity contribution < 1.29 is 118 Å². The first kappa shape index (κ1) is 29.7. The van der Waals surface area contributed by atoms with E-state index < -0.39 is 17.9 Å². The number of ketones is 1. The van der Waals surface area contributed by atoms with E-state index in [4.69, 9.17) is 15.0 Å². The molecule has 0 atom stereocenters. The summed E-state index contributed by atoms with van der Waals surface area (Å²) >= 11 is 2.64. The number of carbonyl (C=O) groups is 3. The number of rotatable bonds is 2. The van der Waals surface area contributed by atoms with Gasteiger partial charge < -0.3 is 24.9 Å². The van der Waals surface area contributed by atoms with Gasteiger partial charge in [-0.05, 0) is 6.16 Å². The molecule has 0 saturated carbocycles. The molecular weight excluding hydrogens is 293 g/mol. The predicted octanol–water partition coefficient (Wildman–Crippen LogP) is -12.7. The second kappa shape index (κ2) is 20.3. The van der Waals surface area contributed by atoms with Crippen LogP contribution in [-0.4, -0.2) is 23.2 Å². The Labute approximate surface area is 155 Å². The van der Waals surface area contributed by atoms with Crippen LogP contribution in [0.3, 0.4) is 0 Å². The number of halogens is 1. The first-order valence-corrected chi connectivity index (χ1v) is 3.22. The molecule has 0 aromatic rings. The first-order valence-electron chi connectivity index (χ1n) is 2.10. The van der Waals surface area contributed by atoms with Crippen LogP contribution in [0.2, 0.25) is 0 Å². The van der Waals surface area contributed by atoms with E-state index in [9.17, 15) is 14.7 Å². The Morgan fingerprint density at radius 2 is 1.14 bits per heavy atom. The van der Waals surface area contributed by atoms with Crippen molar-refractivity contribution in [3.8, 4) is 0 Å². The molecule has 10 heteroatoms. The van der Waals surface area contributed by atoms with E-state index in [1.165, 1.54) is 0 Å². The predicted molar refractivity (Wildman–Crippen MR) is 29.2 cm³/mol. The fraction of sp³-hybridized carbons (Fsp3) is 0.250. The largest absolute Gasteiger partial charge is 1.00 e. The first-order chi connectivity index (χ1) is 4.91. The van der Waals surface area contributed by atoms with Gasteiger partial charge in [0.05, 0.1) is 5.33 Å². The summed E-state index contributed by atoms with van der Waals surface area (Å²) in [6.07, 6.45) is -2.33. The summed E-state index contributed by atoms with van der Waals surface area (Å²) in [5, 5.41) is 25.9. The van der Waals surface area contributed by atoms with Crippen molar-refractivity contribution in [2.24, 2.45) is 0 Å². The minimum atomic E-state index is -2.33. The second-order valence-electron chi connectivity index (χ2n) is 1.09. The van der Waals surface area contributed by atoms with E-state index in [2.05, 4.69) is 15.9 Å². The molecule has 0 aliphatic heterocycles. The fourth-order valence-electron chi connectivity index (χ4n) is 0.0546. The van der Waals surface area contributed by atoms with Gasteiger partial charge in [0.15, 0.2) is 5.78 Å². The van der Waals surface area contributed by atoms with Gasteiger partial charge in [-0.2, -0.15) is 0 Å². The normalized spacial score (nSPS) is 5.79. The summed E-state index contributed by atoms with van der Waals surface area (Å²) in [6.45, 7) is 0. The van der Waals surface area contributed by atoms with E-state index in [0.717, 1.165) is 0 Å². The van der Waals surface area contributed by atoms with Gasteiger partial charge in [-0.3, -0.25) is 4.79 Å². The molecule has 0 heterocycles. The smallest absolute Gasteiger partial charge is 0.652 e. The number of aliphatic carboxylic acids is 1. The van der Waals surface area contributed by atoms with Crippen LogP contribution in [0.1, 0.15) is 0 Å². The molecule has 0 aromatic carbocycles. The van der Waals surface area contributed by atoms with Crippen LogP contribution in [0.4, 0.5) is 4.79 Å². The summed E-state index contributed by atoms with van der Waals surface area (Å²) < 4.78 is 0. The Hall–Kier alpha value is 1.89. The molecule has 6 nitrogen and oxygen atoms in total. The molecule has 0 amide bonds. The van der Waals surface area contributed by atoms with Gasteiger partial charge in [-0.25, -0.2) is 0 Å². The Morgan fingerprint density at radius 3 is 1.14 bits per heavy atom. The van der Waals surface area contributed by atoms with Crippen molar-refractivity contribution in [3.63, 3.8) is 0 Å². The molecule has 64 valence electrons. The minimum Gasteiger partial charge on any atom is -0.652 e. The van der Waals surface area contributed by atoms with Crippen LogP contribution in [0, 0.1) is 0 Å². The molecular formula is C4H2BrNa3O6. The van der Waals surface area contributed by atoms with Crippen molar-refractivity contribution in [3.05, 3.63) is 0 Å². The van der Waals surface area contributed by atoms with Gasteiger partial charge in [0, 0.05) is 0 Å². The summed E-state index contributed by atoms with van der Waals surface area (Å²) in [7, 11) is 0. The zero-order valence-corrected chi connectivity index (χ0v) is 15.6. The SMILES string of the molecule is O=C([O-])C(=O)CBr.O=C([O-])[O-].[Na+].[Na+].[Na+]. The average molecular weight is 295 g/mol. The molecule has 0 unspecified atom stereocenters. The monoisotopic (exact) mass is 294 g/mol. The van der Waals surface area contributed by atoms with Gasteiger partial charge in [-0.15, -0.1) is 0 Å². The van der Waals surface area contributed by atoms with Crippen molar-refractivity contribution in [2.45, 2.75) is 0 Å². The summed E-state index contributed by atoms with van der Waals surface area (Å²) in [5.74, 6) is -2.57. The fourth-order valence-corrected chi connectivity index (χ4v) is 0.283. The Bertz CT molecular complexity index is 170. The molecule has 0 aliphatic rings. The van der Waals surface area contributed by atoms with Crippen LogP contribution in [0.15, 0.2) is 0 Å². The van der Waals surface area contributed by atoms with Crippen LogP contribution < -0.4 is 104 Å². The Kier molecular flexibility index (Phi) is 43.1. The van der Waals surface area contributed by atoms with Crippen LogP contribution in [0.25, 0.3) is 0 Å². The van der Waals surface area contributed by atoms with E-state index in [1.54, 1.807) is 0 Å². The van der Waals surface area contributed by atoms with Crippen LogP contribution in [-0.2, 0) is 9.59 Å². The third-order valence-corrected chi connectivity index (χ3v) is 0.858. The maximum Gasteiger partial charge on any atom is 1.00 e. The number of carboxylic acid groups (broad SMARTS) is 3. The number of hydrogen-bond donors (Lipinski definition) is 0. The zero-order valence-electron chi connectivity index (χ0n) is 8.03. The van der Waals surface area contributed by atoms with E-state index in [1.807, 2.05) is 0 Å². The third-order valence-electron chi connectivity index (χ3n) is 0.349. The maximum atomic E-state index is 9.80. The summed E-state index contributed by atoms with van der Waals surface area (Å²) in [5.41, 5.74) is 0. The van der Waals surface area contributed by atoms with Crippen LogP contribution in [0.5, 0.6) is 0 Å². The maximum absolute atomic E-state index is 9.80. The molecule has 0 radical (unpaired) electrons. The molecule has 14 heavy (non-hydrogen) atoms. The second-order valence-corrected chi connectivity index (χ2v) is 1.65. The molecule has 0 N–H and O–H groups in total.